The third kappa shape index (κ3) is 3.75. The summed E-state index contributed by atoms with van der Waals surface area (Å²) in [4.78, 5) is 27.6. The Morgan fingerprint density at radius 2 is 1.81 bits per heavy atom. The Bertz CT molecular complexity index is 675. The van der Waals surface area contributed by atoms with Crippen molar-refractivity contribution in [2.24, 2.45) is 16.7 Å². The van der Waals surface area contributed by atoms with Crippen molar-refractivity contribution in [2.75, 3.05) is 31.6 Å². The molecule has 1 N–H and O–H groups in total. The molecule has 2 saturated heterocycles. The second kappa shape index (κ2) is 6.99. The van der Waals surface area contributed by atoms with Crippen LogP contribution in [0.4, 0.5) is 10.1 Å². The van der Waals surface area contributed by atoms with E-state index in [0.29, 0.717) is 32.0 Å². The van der Waals surface area contributed by atoms with Gasteiger partial charge in [0.2, 0.25) is 11.8 Å². The van der Waals surface area contributed by atoms with Gasteiger partial charge in [-0.2, -0.15) is 0 Å². The van der Waals surface area contributed by atoms with Gasteiger partial charge < -0.3 is 15.0 Å². The van der Waals surface area contributed by atoms with E-state index in [1.165, 1.54) is 12.1 Å². The Labute approximate surface area is 153 Å². The topological polar surface area (TPSA) is 58.6 Å². The lowest BCUT2D eigenvalue weighted by atomic mass is 9.71. The second-order valence-electron chi connectivity index (χ2n) is 8.46. The molecule has 2 amide bonds. The second-order valence-corrected chi connectivity index (χ2v) is 8.46. The molecule has 0 radical (unpaired) electrons. The maximum absolute atomic E-state index is 13.1. The van der Waals surface area contributed by atoms with Crippen LogP contribution in [-0.4, -0.2) is 43.0 Å². The predicted octanol–water partition coefficient (Wildman–Crippen LogP) is 3.07. The number of nitrogens with one attached hydrogen (secondary N) is 1. The quantitative estimate of drug-likeness (QED) is 0.880. The van der Waals surface area contributed by atoms with Crippen LogP contribution in [0.2, 0.25) is 0 Å². The highest BCUT2D eigenvalue weighted by atomic mass is 19.1. The smallest absolute Gasteiger partial charge is 0.229 e. The van der Waals surface area contributed by atoms with Crippen LogP contribution in [0.3, 0.4) is 0 Å². The summed E-state index contributed by atoms with van der Waals surface area (Å²) in [6, 6.07) is 5.75. The Kier molecular flexibility index (Phi) is 5.06. The van der Waals surface area contributed by atoms with Crippen molar-refractivity contribution in [1.29, 1.82) is 0 Å². The Morgan fingerprint density at radius 1 is 1.19 bits per heavy atom. The zero-order valence-corrected chi connectivity index (χ0v) is 15.7. The number of ether oxygens (including phenoxy) is 1. The van der Waals surface area contributed by atoms with Crippen molar-refractivity contribution in [3.63, 3.8) is 0 Å². The van der Waals surface area contributed by atoms with Crippen LogP contribution < -0.4 is 5.32 Å². The molecule has 1 atom stereocenters. The summed E-state index contributed by atoms with van der Waals surface area (Å²) in [5, 5.41) is 2.90. The summed E-state index contributed by atoms with van der Waals surface area (Å²) < 4.78 is 18.6. The fourth-order valence-electron chi connectivity index (χ4n) is 4.01. The number of likely N-dealkylation sites (tertiary alicyclic amines) is 1. The van der Waals surface area contributed by atoms with Gasteiger partial charge in [0.1, 0.15) is 5.82 Å². The number of anilines is 1. The molecule has 1 unspecified atom stereocenters. The number of hydrogen-bond donors (Lipinski definition) is 1. The van der Waals surface area contributed by atoms with Gasteiger partial charge in [-0.15, -0.1) is 0 Å². The number of amides is 2. The first-order chi connectivity index (χ1) is 12.2. The molecule has 0 saturated carbocycles. The van der Waals surface area contributed by atoms with Crippen LogP contribution >= 0.6 is 0 Å². The summed E-state index contributed by atoms with van der Waals surface area (Å²) >= 11 is 0. The molecular weight excluding hydrogens is 335 g/mol. The van der Waals surface area contributed by atoms with Gasteiger partial charge in [0.15, 0.2) is 0 Å². The number of carbonyl (C=O) groups is 2. The molecule has 3 rings (SSSR count). The minimum Gasteiger partial charge on any atom is -0.381 e. The average molecular weight is 362 g/mol. The van der Waals surface area contributed by atoms with Gasteiger partial charge in [-0.3, -0.25) is 9.59 Å². The first-order valence-electron chi connectivity index (χ1n) is 9.15. The molecule has 0 bridgehead atoms. The van der Waals surface area contributed by atoms with E-state index in [2.05, 4.69) is 5.32 Å². The number of halogens is 1. The van der Waals surface area contributed by atoms with Gasteiger partial charge in [0, 0.05) is 42.8 Å². The Balaban J connectivity index is 1.81. The zero-order valence-electron chi connectivity index (χ0n) is 15.7. The molecule has 0 aliphatic carbocycles. The van der Waals surface area contributed by atoms with Crippen LogP contribution in [-0.2, 0) is 14.3 Å². The van der Waals surface area contributed by atoms with Crippen molar-refractivity contribution >= 4 is 17.5 Å². The summed E-state index contributed by atoms with van der Waals surface area (Å²) in [5.74, 6) is -0.669. The predicted molar refractivity (Wildman–Crippen MR) is 97.0 cm³/mol. The Morgan fingerprint density at radius 3 is 2.38 bits per heavy atom. The molecule has 0 aromatic heterocycles. The fraction of sp³-hybridized carbons (Fsp3) is 0.600. The van der Waals surface area contributed by atoms with E-state index >= 15 is 0 Å². The standard InChI is InChI=1S/C20H27FN2O3/c1-19(2,3)18(25)23-12-16(20(13-23)8-10-26-11-9-20)17(24)22-15-6-4-14(21)5-7-15/h4-7,16H,8-13H2,1-3H3,(H,22,24). The van der Waals surface area contributed by atoms with E-state index in [9.17, 15) is 14.0 Å². The van der Waals surface area contributed by atoms with Gasteiger partial charge >= 0.3 is 0 Å². The molecule has 5 nitrogen and oxygen atoms in total. The summed E-state index contributed by atoms with van der Waals surface area (Å²) in [6.45, 7) is 7.93. The van der Waals surface area contributed by atoms with Gasteiger partial charge in [-0.25, -0.2) is 4.39 Å². The SMILES string of the molecule is CC(C)(C)C(=O)N1CC(C(=O)Nc2ccc(F)cc2)C2(CCOCC2)C1. The number of carbonyl (C=O) groups excluding carboxylic acids is 2. The summed E-state index contributed by atoms with van der Waals surface area (Å²) in [6.07, 6.45) is 1.53. The van der Waals surface area contributed by atoms with Gasteiger partial charge in [0.05, 0.1) is 5.92 Å². The van der Waals surface area contributed by atoms with Crippen LogP contribution in [0.1, 0.15) is 33.6 Å². The molecule has 1 aromatic carbocycles. The third-order valence-corrected chi connectivity index (χ3v) is 5.49. The molecule has 142 valence electrons. The molecule has 2 fully saturated rings. The van der Waals surface area contributed by atoms with E-state index < -0.39 is 5.41 Å². The van der Waals surface area contributed by atoms with Crippen LogP contribution in [0, 0.1) is 22.6 Å². The van der Waals surface area contributed by atoms with Crippen LogP contribution in [0.15, 0.2) is 24.3 Å². The lowest BCUT2D eigenvalue weighted by Crippen LogP contribution is -2.42. The van der Waals surface area contributed by atoms with Crippen molar-refractivity contribution in [3.8, 4) is 0 Å². The third-order valence-electron chi connectivity index (χ3n) is 5.49. The number of rotatable bonds is 2. The fourth-order valence-corrected chi connectivity index (χ4v) is 4.01. The van der Waals surface area contributed by atoms with E-state index in [-0.39, 0.29) is 29.0 Å². The van der Waals surface area contributed by atoms with Gasteiger partial charge in [-0.05, 0) is 37.1 Å². The number of benzene rings is 1. The van der Waals surface area contributed by atoms with Crippen molar-refractivity contribution in [1.82, 2.24) is 4.90 Å². The van der Waals surface area contributed by atoms with Crippen molar-refractivity contribution in [3.05, 3.63) is 30.1 Å². The highest BCUT2D eigenvalue weighted by Gasteiger charge is 2.52. The average Bonchev–Trinajstić information content (AvgIpc) is 2.95. The molecule has 26 heavy (non-hydrogen) atoms. The maximum atomic E-state index is 13.1. The largest absolute Gasteiger partial charge is 0.381 e. The highest BCUT2D eigenvalue weighted by molar-refractivity contribution is 5.94. The molecule has 2 heterocycles. The monoisotopic (exact) mass is 362 g/mol. The van der Waals surface area contributed by atoms with E-state index in [1.54, 1.807) is 12.1 Å². The lowest BCUT2D eigenvalue weighted by Gasteiger charge is -2.37. The highest BCUT2D eigenvalue weighted by Crippen LogP contribution is 2.45. The van der Waals surface area contributed by atoms with Gasteiger partial charge in [0.25, 0.3) is 0 Å². The van der Waals surface area contributed by atoms with Crippen molar-refractivity contribution < 1.29 is 18.7 Å². The molecule has 1 aromatic rings. The summed E-state index contributed by atoms with van der Waals surface area (Å²) in [7, 11) is 0. The molecule has 2 aliphatic heterocycles. The molecule has 6 heteroatoms. The molecule has 1 spiro atoms. The van der Waals surface area contributed by atoms with Crippen LogP contribution in [0.5, 0.6) is 0 Å². The number of nitrogens with zero attached hydrogens (tertiary/aromatic N) is 1. The molecule has 2 aliphatic rings. The first kappa shape index (κ1) is 18.8. The van der Waals surface area contributed by atoms with Gasteiger partial charge in [-0.1, -0.05) is 20.8 Å². The first-order valence-corrected chi connectivity index (χ1v) is 9.15. The summed E-state index contributed by atoms with van der Waals surface area (Å²) in [5.41, 5.74) is -0.156. The zero-order chi connectivity index (χ0) is 18.9. The van der Waals surface area contributed by atoms with E-state index in [0.717, 1.165) is 12.8 Å². The van der Waals surface area contributed by atoms with E-state index in [4.69, 9.17) is 4.74 Å². The minimum atomic E-state index is -0.478. The van der Waals surface area contributed by atoms with Crippen LogP contribution in [0.25, 0.3) is 0 Å². The Hall–Kier alpha value is -1.95. The normalized spacial score (nSPS) is 22.5. The lowest BCUT2D eigenvalue weighted by molar-refractivity contribution is -0.139. The maximum Gasteiger partial charge on any atom is 0.229 e. The number of hydrogen-bond acceptors (Lipinski definition) is 3. The van der Waals surface area contributed by atoms with Crippen molar-refractivity contribution in [2.45, 2.75) is 33.6 Å². The van der Waals surface area contributed by atoms with E-state index in [1.807, 2.05) is 25.7 Å². The molecular formula is C20H27FN2O3. The minimum absolute atomic E-state index is 0.0699.